The summed E-state index contributed by atoms with van der Waals surface area (Å²) < 4.78 is 0. The highest BCUT2D eigenvalue weighted by Crippen LogP contribution is 2.19. The Morgan fingerprint density at radius 3 is 2.40 bits per heavy atom. The quantitative estimate of drug-likeness (QED) is 0.293. The molecular weight excluding hydrogens is 332 g/mol. The fraction of sp³-hybridized carbons (Fsp3) is 0.350. The third-order valence-corrected chi connectivity index (χ3v) is 4.36. The van der Waals surface area contributed by atoms with Crippen LogP contribution in [0, 0.1) is 0 Å². The highest BCUT2D eigenvalue weighted by molar-refractivity contribution is 7.80. The number of anilines is 1. The Morgan fingerprint density at radius 1 is 0.960 bits per heavy atom. The van der Waals surface area contributed by atoms with Gasteiger partial charge < -0.3 is 10.4 Å². The first-order valence-electron chi connectivity index (χ1n) is 8.71. The molecule has 5 heteroatoms. The van der Waals surface area contributed by atoms with Crippen molar-refractivity contribution in [1.29, 1.82) is 0 Å². The van der Waals surface area contributed by atoms with Gasteiger partial charge in [0.15, 0.2) is 0 Å². The number of hydrogen-bond acceptors (Lipinski definition) is 4. The van der Waals surface area contributed by atoms with E-state index in [1.807, 2.05) is 54.6 Å². The molecule has 0 spiro atoms. The number of benzene rings is 2. The Bertz CT molecular complexity index is 649. The van der Waals surface area contributed by atoms with Gasteiger partial charge in [-0.05, 0) is 37.6 Å². The molecule has 0 aromatic heterocycles. The minimum Gasteiger partial charge on any atom is -0.374 e. The summed E-state index contributed by atoms with van der Waals surface area (Å²) in [7, 11) is 0. The van der Waals surface area contributed by atoms with Crippen molar-refractivity contribution >= 4 is 24.2 Å². The zero-order chi connectivity index (χ0) is 17.9. The molecule has 1 amide bonds. The van der Waals surface area contributed by atoms with Crippen molar-refractivity contribution in [1.82, 2.24) is 5.32 Å². The highest BCUT2D eigenvalue weighted by atomic mass is 32.1. The van der Waals surface area contributed by atoms with Crippen molar-refractivity contribution in [3.63, 3.8) is 0 Å². The van der Waals surface area contributed by atoms with E-state index >= 15 is 0 Å². The standard InChI is InChI=1S/C20H26N2O2S/c23-19(22-16-10-4-3-5-11-16)14-6-1-2-9-15-21-20(24)17-12-7-8-13-18(17)25/h3-5,7-8,10-13,20-21,24-25H,1-2,6,9,14-15H2,(H,22,23). The summed E-state index contributed by atoms with van der Waals surface area (Å²) in [6.07, 6.45) is 3.72. The molecule has 0 bridgehead atoms. The second-order valence-electron chi connectivity index (χ2n) is 5.99. The predicted molar refractivity (Wildman–Crippen MR) is 105 cm³/mol. The summed E-state index contributed by atoms with van der Waals surface area (Å²) >= 11 is 4.35. The third-order valence-electron chi connectivity index (χ3n) is 3.96. The van der Waals surface area contributed by atoms with Gasteiger partial charge >= 0.3 is 0 Å². The van der Waals surface area contributed by atoms with Gasteiger partial charge in [0.25, 0.3) is 0 Å². The van der Waals surface area contributed by atoms with Gasteiger partial charge in [0.1, 0.15) is 6.23 Å². The van der Waals surface area contributed by atoms with Crippen LogP contribution in [0.15, 0.2) is 59.5 Å². The molecule has 0 aliphatic heterocycles. The van der Waals surface area contributed by atoms with E-state index in [1.165, 1.54) is 0 Å². The van der Waals surface area contributed by atoms with Crippen LogP contribution in [0.4, 0.5) is 5.69 Å². The molecular formula is C20H26N2O2S. The van der Waals surface area contributed by atoms with E-state index in [4.69, 9.17) is 0 Å². The normalized spacial score (nSPS) is 11.9. The number of thiol groups is 1. The SMILES string of the molecule is O=C(CCCCCCNC(O)c1ccccc1S)Nc1ccccc1. The van der Waals surface area contributed by atoms with E-state index in [-0.39, 0.29) is 5.91 Å². The van der Waals surface area contributed by atoms with Gasteiger partial charge in [-0.25, -0.2) is 0 Å². The van der Waals surface area contributed by atoms with Crippen molar-refractivity contribution in [2.45, 2.75) is 43.2 Å². The van der Waals surface area contributed by atoms with Crippen LogP contribution in [0.5, 0.6) is 0 Å². The third kappa shape index (κ3) is 7.30. The van der Waals surface area contributed by atoms with E-state index in [1.54, 1.807) is 0 Å². The zero-order valence-corrected chi connectivity index (χ0v) is 15.2. The average molecular weight is 359 g/mol. The number of carbonyl (C=O) groups is 1. The number of unbranched alkanes of at least 4 members (excludes halogenated alkanes) is 3. The van der Waals surface area contributed by atoms with Gasteiger partial charge in [-0.3, -0.25) is 10.1 Å². The maximum Gasteiger partial charge on any atom is 0.224 e. The second-order valence-corrected chi connectivity index (χ2v) is 6.48. The lowest BCUT2D eigenvalue weighted by Crippen LogP contribution is -2.22. The van der Waals surface area contributed by atoms with Gasteiger partial charge in [-0.1, -0.05) is 49.2 Å². The second kappa shape index (κ2) is 10.9. The van der Waals surface area contributed by atoms with E-state index in [2.05, 4.69) is 23.3 Å². The predicted octanol–water partition coefficient (Wildman–Crippen LogP) is 4.15. The number of aliphatic hydroxyl groups excluding tert-OH is 1. The smallest absolute Gasteiger partial charge is 0.224 e. The van der Waals surface area contributed by atoms with E-state index < -0.39 is 6.23 Å². The number of para-hydroxylation sites is 1. The minimum atomic E-state index is -0.689. The average Bonchev–Trinajstić information content (AvgIpc) is 2.62. The minimum absolute atomic E-state index is 0.0603. The van der Waals surface area contributed by atoms with E-state index in [0.717, 1.165) is 48.4 Å². The lowest BCUT2D eigenvalue weighted by atomic mass is 10.1. The zero-order valence-electron chi connectivity index (χ0n) is 14.3. The summed E-state index contributed by atoms with van der Waals surface area (Å²) in [5.41, 5.74) is 1.64. The van der Waals surface area contributed by atoms with Gasteiger partial charge in [-0.2, -0.15) is 0 Å². The molecule has 1 atom stereocenters. The summed E-state index contributed by atoms with van der Waals surface area (Å²) in [6, 6.07) is 17.0. The van der Waals surface area contributed by atoms with Crippen LogP contribution in [-0.4, -0.2) is 17.6 Å². The Morgan fingerprint density at radius 2 is 1.64 bits per heavy atom. The van der Waals surface area contributed by atoms with Crippen LogP contribution in [0.2, 0.25) is 0 Å². The highest BCUT2D eigenvalue weighted by Gasteiger charge is 2.08. The first kappa shape index (κ1) is 19.5. The molecule has 134 valence electrons. The molecule has 2 aromatic rings. The molecule has 3 N–H and O–H groups in total. The van der Waals surface area contributed by atoms with Crippen LogP contribution in [0.3, 0.4) is 0 Å². The van der Waals surface area contributed by atoms with Crippen LogP contribution < -0.4 is 10.6 Å². The lowest BCUT2D eigenvalue weighted by molar-refractivity contribution is -0.116. The van der Waals surface area contributed by atoms with Gasteiger partial charge in [0.2, 0.25) is 5.91 Å². The Kier molecular flexibility index (Phi) is 8.52. The van der Waals surface area contributed by atoms with Crippen LogP contribution in [0.25, 0.3) is 0 Å². The van der Waals surface area contributed by atoms with Crippen molar-refractivity contribution in [3.05, 3.63) is 60.2 Å². The van der Waals surface area contributed by atoms with Crippen molar-refractivity contribution in [3.8, 4) is 0 Å². The van der Waals surface area contributed by atoms with Crippen LogP contribution in [0.1, 0.15) is 43.9 Å². The lowest BCUT2D eigenvalue weighted by Gasteiger charge is -2.14. The summed E-state index contributed by atoms with van der Waals surface area (Å²) in [5, 5.41) is 16.1. The van der Waals surface area contributed by atoms with Crippen LogP contribution >= 0.6 is 12.6 Å². The maximum absolute atomic E-state index is 11.8. The first-order chi connectivity index (χ1) is 12.2. The monoisotopic (exact) mass is 358 g/mol. The molecule has 2 rings (SSSR count). The van der Waals surface area contributed by atoms with E-state index in [9.17, 15) is 9.90 Å². The number of aliphatic hydroxyl groups is 1. The van der Waals surface area contributed by atoms with Crippen molar-refractivity contribution < 1.29 is 9.90 Å². The molecule has 0 heterocycles. The summed E-state index contributed by atoms with van der Waals surface area (Å²) in [4.78, 5) is 12.6. The topological polar surface area (TPSA) is 61.4 Å². The summed E-state index contributed by atoms with van der Waals surface area (Å²) in [5.74, 6) is 0.0603. The van der Waals surface area contributed by atoms with Gasteiger partial charge in [0.05, 0.1) is 0 Å². The molecule has 0 aliphatic rings. The Balaban J connectivity index is 1.52. The van der Waals surface area contributed by atoms with E-state index in [0.29, 0.717) is 6.42 Å². The van der Waals surface area contributed by atoms with Crippen molar-refractivity contribution in [2.75, 3.05) is 11.9 Å². The molecule has 1 unspecified atom stereocenters. The number of carbonyl (C=O) groups excluding carboxylic acids is 1. The molecule has 2 aromatic carbocycles. The van der Waals surface area contributed by atoms with Gasteiger partial charge in [-0.15, -0.1) is 12.6 Å². The summed E-state index contributed by atoms with van der Waals surface area (Å²) in [6.45, 7) is 0.736. The largest absolute Gasteiger partial charge is 0.374 e. The molecule has 0 saturated carbocycles. The number of nitrogens with one attached hydrogen (secondary N) is 2. The van der Waals surface area contributed by atoms with Crippen molar-refractivity contribution in [2.24, 2.45) is 0 Å². The molecule has 0 fully saturated rings. The molecule has 0 saturated heterocycles. The molecule has 0 aliphatic carbocycles. The Hall–Kier alpha value is -1.82. The molecule has 4 nitrogen and oxygen atoms in total. The molecule has 25 heavy (non-hydrogen) atoms. The molecule has 0 radical (unpaired) electrons. The number of hydrogen-bond donors (Lipinski definition) is 4. The first-order valence-corrected chi connectivity index (χ1v) is 9.16. The number of amides is 1. The fourth-order valence-corrected chi connectivity index (χ4v) is 2.86. The number of rotatable bonds is 10. The fourth-order valence-electron chi connectivity index (χ4n) is 2.58. The van der Waals surface area contributed by atoms with Gasteiger partial charge in [0, 0.05) is 22.6 Å². The maximum atomic E-state index is 11.8. The van der Waals surface area contributed by atoms with Crippen LogP contribution in [-0.2, 0) is 4.79 Å². The Labute approximate surface area is 155 Å².